The van der Waals surface area contributed by atoms with Crippen molar-refractivity contribution in [1.29, 1.82) is 0 Å². The first-order valence-corrected chi connectivity index (χ1v) is 11.0. The molecule has 0 bridgehead atoms. The van der Waals surface area contributed by atoms with Gasteiger partial charge in [-0.3, -0.25) is 14.5 Å². The highest BCUT2D eigenvalue weighted by Gasteiger charge is 2.24. The molecule has 8 nitrogen and oxygen atoms in total. The van der Waals surface area contributed by atoms with E-state index in [1.807, 2.05) is 13.8 Å². The molecule has 1 atom stereocenters. The van der Waals surface area contributed by atoms with E-state index in [1.54, 1.807) is 10.2 Å². The number of nitrogens with zero attached hydrogens (tertiary/aromatic N) is 3. The number of hydrogen-bond acceptors (Lipinski definition) is 7. The summed E-state index contributed by atoms with van der Waals surface area (Å²) in [6, 6.07) is 0. The number of aromatic nitrogens is 3. The third-order valence-corrected chi connectivity index (χ3v) is 5.54. The predicted molar refractivity (Wildman–Crippen MR) is 109 cm³/mol. The maximum Gasteiger partial charge on any atom is 0.349 e. The van der Waals surface area contributed by atoms with Gasteiger partial charge >= 0.3 is 5.97 Å². The fraction of sp³-hybridized carbons (Fsp3) is 0.600. The van der Waals surface area contributed by atoms with Gasteiger partial charge in [0.2, 0.25) is 0 Å². The first-order valence-electron chi connectivity index (χ1n) is 10.1. The zero-order valence-electron chi connectivity index (χ0n) is 17.0. The number of esters is 1. The van der Waals surface area contributed by atoms with Crippen molar-refractivity contribution in [3.8, 4) is 0 Å². The smallest absolute Gasteiger partial charge is 0.349 e. The van der Waals surface area contributed by atoms with E-state index in [1.165, 1.54) is 17.5 Å². The van der Waals surface area contributed by atoms with Crippen LogP contribution in [-0.4, -0.2) is 53.0 Å². The Kier molecular flexibility index (Phi) is 7.76. The van der Waals surface area contributed by atoms with Crippen molar-refractivity contribution >= 4 is 23.2 Å². The first-order chi connectivity index (χ1) is 14.1. The normalized spacial score (nSPS) is 16.4. The van der Waals surface area contributed by atoms with Crippen LogP contribution in [0, 0.1) is 5.92 Å². The van der Waals surface area contributed by atoms with Crippen molar-refractivity contribution in [2.75, 3.05) is 26.4 Å². The van der Waals surface area contributed by atoms with Crippen molar-refractivity contribution in [3.63, 3.8) is 0 Å². The lowest BCUT2D eigenvalue weighted by atomic mass is 9.99. The number of carbonyl (C=O) groups is 2. The van der Waals surface area contributed by atoms with Crippen LogP contribution in [0.1, 0.15) is 58.1 Å². The first kappa shape index (κ1) is 21.4. The molecular weight excluding hydrogens is 392 g/mol. The van der Waals surface area contributed by atoms with Crippen molar-refractivity contribution in [1.82, 2.24) is 20.1 Å². The van der Waals surface area contributed by atoms with Gasteiger partial charge in [-0.2, -0.15) is 5.10 Å². The predicted octanol–water partition coefficient (Wildman–Crippen LogP) is 2.48. The minimum Gasteiger partial charge on any atom is -0.461 e. The van der Waals surface area contributed by atoms with Crippen LogP contribution < -0.4 is 5.32 Å². The minimum absolute atomic E-state index is 0.0771. The fourth-order valence-corrected chi connectivity index (χ4v) is 3.88. The Morgan fingerprint density at radius 1 is 1.41 bits per heavy atom. The molecule has 0 aromatic carbocycles. The molecule has 0 radical (unpaired) electrons. The van der Waals surface area contributed by atoms with Gasteiger partial charge in [0.25, 0.3) is 5.91 Å². The van der Waals surface area contributed by atoms with E-state index in [-0.39, 0.29) is 17.8 Å². The van der Waals surface area contributed by atoms with E-state index in [9.17, 15) is 9.59 Å². The number of amides is 1. The largest absolute Gasteiger partial charge is 0.461 e. The average molecular weight is 421 g/mol. The fourth-order valence-electron chi connectivity index (χ4n) is 3.37. The van der Waals surface area contributed by atoms with Crippen LogP contribution in [0.25, 0.3) is 0 Å². The number of thiazole rings is 1. The van der Waals surface area contributed by atoms with Crippen molar-refractivity contribution in [2.45, 2.75) is 46.1 Å². The number of fused-ring (bicyclic) bond motifs is 1. The third kappa shape index (κ3) is 5.63. The van der Waals surface area contributed by atoms with Gasteiger partial charge in [0.05, 0.1) is 24.0 Å². The van der Waals surface area contributed by atoms with Gasteiger partial charge in [-0.1, -0.05) is 6.92 Å². The van der Waals surface area contributed by atoms with E-state index >= 15 is 0 Å². The molecule has 0 aliphatic carbocycles. The maximum atomic E-state index is 12.8. The summed E-state index contributed by atoms with van der Waals surface area (Å²) in [5.74, 6) is -0.352. The molecule has 0 saturated heterocycles. The van der Waals surface area contributed by atoms with Crippen molar-refractivity contribution in [2.24, 2.45) is 5.92 Å². The molecular formula is C20H28N4O4S. The quantitative estimate of drug-likeness (QED) is 0.722. The lowest BCUT2D eigenvalue weighted by Crippen LogP contribution is -2.28. The van der Waals surface area contributed by atoms with E-state index in [0.717, 1.165) is 30.5 Å². The van der Waals surface area contributed by atoms with Gasteiger partial charge in [0, 0.05) is 31.9 Å². The Hall–Kier alpha value is -2.26. The molecule has 2 aromatic rings. The second kappa shape index (κ2) is 10.5. The summed E-state index contributed by atoms with van der Waals surface area (Å²) in [7, 11) is 0. The standard InChI is InChI=1S/C20H28N4O4S/c1-3-24-18-15(6-4-8-27-9-5-7-22-19(18)25)16(23-24)10-14(2)12-28-20(26)17-11-21-13-29-17/h11,13-14H,3-10,12H2,1-2H3,(H,22,25)/t14-/m1/s1. The number of aryl methyl sites for hydroxylation is 1. The van der Waals surface area contributed by atoms with Gasteiger partial charge < -0.3 is 14.8 Å². The summed E-state index contributed by atoms with van der Waals surface area (Å²) in [6.45, 7) is 6.84. The zero-order valence-corrected chi connectivity index (χ0v) is 17.8. The summed E-state index contributed by atoms with van der Waals surface area (Å²) < 4.78 is 12.8. The topological polar surface area (TPSA) is 95.3 Å². The van der Waals surface area contributed by atoms with E-state index in [4.69, 9.17) is 14.6 Å². The van der Waals surface area contributed by atoms with Gasteiger partial charge in [0.1, 0.15) is 10.6 Å². The van der Waals surface area contributed by atoms with Gasteiger partial charge in [0.15, 0.2) is 0 Å². The highest BCUT2D eigenvalue weighted by atomic mass is 32.1. The molecule has 9 heteroatoms. The van der Waals surface area contributed by atoms with Crippen molar-refractivity contribution < 1.29 is 19.1 Å². The van der Waals surface area contributed by atoms with E-state index < -0.39 is 0 Å². The molecule has 158 valence electrons. The summed E-state index contributed by atoms with van der Waals surface area (Å²) in [5.41, 5.74) is 4.14. The highest BCUT2D eigenvalue weighted by Crippen LogP contribution is 2.21. The Labute approximate surface area is 174 Å². The van der Waals surface area contributed by atoms with Crippen LogP contribution in [-0.2, 0) is 28.9 Å². The van der Waals surface area contributed by atoms with Gasteiger partial charge in [-0.25, -0.2) is 4.79 Å². The Morgan fingerprint density at radius 3 is 3.00 bits per heavy atom. The Balaban J connectivity index is 1.72. The summed E-state index contributed by atoms with van der Waals surface area (Å²) in [4.78, 5) is 29.2. The molecule has 1 amide bonds. The second-order valence-electron chi connectivity index (χ2n) is 7.19. The Bertz CT molecular complexity index is 819. The van der Waals surface area contributed by atoms with Crippen LogP contribution >= 0.6 is 11.3 Å². The number of hydrogen-bond donors (Lipinski definition) is 1. The summed E-state index contributed by atoms with van der Waals surface area (Å²) in [6.07, 6.45) is 4.54. The average Bonchev–Trinajstić information content (AvgIpc) is 3.35. The lowest BCUT2D eigenvalue weighted by Gasteiger charge is -2.12. The monoisotopic (exact) mass is 420 g/mol. The van der Waals surface area contributed by atoms with E-state index in [0.29, 0.717) is 49.9 Å². The van der Waals surface area contributed by atoms with E-state index in [2.05, 4.69) is 10.3 Å². The molecule has 0 fully saturated rings. The van der Waals surface area contributed by atoms with Crippen LogP contribution in [0.2, 0.25) is 0 Å². The number of rotatable bonds is 6. The third-order valence-electron chi connectivity index (χ3n) is 4.79. The molecule has 2 aromatic heterocycles. The molecule has 0 saturated carbocycles. The molecule has 0 spiro atoms. The highest BCUT2D eigenvalue weighted by molar-refractivity contribution is 7.11. The summed E-state index contributed by atoms with van der Waals surface area (Å²) >= 11 is 1.26. The lowest BCUT2D eigenvalue weighted by molar-refractivity contribution is 0.0453. The van der Waals surface area contributed by atoms with Gasteiger partial charge in [-0.15, -0.1) is 11.3 Å². The number of ether oxygens (including phenoxy) is 2. The SMILES string of the molecule is CCn1nc(C[C@@H](C)COC(=O)c2cncs2)c2c1C(=O)NCCCOCCC2. The molecule has 1 aliphatic heterocycles. The second-order valence-corrected chi connectivity index (χ2v) is 8.07. The molecule has 1 N–H and O–H groups in total. The molecule has 0 unspecified atom stereocenters. The Morgan fingerprint density at radius 2 is 2.24 bits per heavy atom. The maximum absolute atomic E-state index is 12.8. The van der Waals surface area contributed by atoms with Crippen LogP contribution in [0.3, 0.4) is 0 Å². The number of nitrogens with one attached hydrogen (secondary N) is 1. The zero-order chi connectivity index (χ0) is 20.6. The minimum atomic E-state index is -0.353. The number of carbonyl (C=O) groups excluding carboxylic acids is 2. The van der Waals surface area contributed by atoms with Crippen molar-refractivity contribution in [3.05, 3.63) is 33.5 Å². The summed E-state index contributed by atoms with van der Waals surface area (Å²) in [5, 5.41) is 7.69. The molecule has 3 rings (SSSR count). The van der Waals surface area contributed by atoms with Crippen LogP contribution in [0.15, 0.2) is 11.7 Å². The molecule has 1 aliphatic rings. The van der Waals surface area contributed by atoms with Gasteiger partial charge in [-0.05, 0) is 38.5 Å². The van der Waals surface area contributed by atoms with Crippen LogP contribution in [0.5, 0.6) is 0 Å². The van der Waals surface area contributed by atoms with Crippen LogP contribution in [0.4, 0.5) is 0 Å². The molecule has 29 heavy (non-hydrogen) atoms. The molecule has 3 heterocycles.